The van der Waals surface area contributed by atoms with Crippen molar-refractivity contribution in [2.24, 2.45) is 0 Å². The van der Waals surface area contributed by atoms with Crippen LogP contribution in [0.3, 0.4) is 0 Å². The molecule has 0 saturated heterocycles. The topological polar surface area (TPSA) is 24.9 Å². The average Bonchev–Trinajstić information content (AvgIpc) is 2.47. The first-order valence-electron chi connectivity index (χ1n) is 3.42. The number of anilines is 1. The molecule has 0 amide bonds. The van der Waals surface area contributed by atoms with E-state index in [1.165, 1.54) is 0 Å². The molecule has 0 saturated carbocycles. The van der Waals surface area contributed by atoms with E-state index in [-0.39, 0.29) is 5.13 Å². The van der Waals surface area contributed by atoms with Crippen LogP contribution in [0, 0.1) is 0 Å². The second-order valence-electron chi connectivity index (χ2n) is 2.35. The first-order valence-corrected chi connectivity index (χ1v) is 4.30. The SMILES string of the molecule is FC(F)c1csc(NCC(F)(F)F)n1. The Balaban J connectivity index is 2.52. The summed E-state index contributed by atoms with van der Waals surface area (Å²) in [5.41, 5.74) is -0.514. The first-order chi connectivity index (χ1) is 6.38. The number of alkyl halides is 5. The summed E-state index contributed by atoms with van der Waals surface area (Å²) in [4.78, 5) is 3.27. The van der Waals surface area contributed by atoms with Crippen molar-refractivity contribution in [1.29, 1.82) is 0 Å². The van der Waals surface area contributed by atoms with Gasteiger partial charge in [0, 0.05) is 5.38 Å². The fourth-order valence-corrected chi connectivity index (χ4v) is 1.34. The van der Waals surface area contributed by atoms with Crippen LogP contribution in [-0.2, 0) is 0 Å². The van der Waals surface area contributed by atoms with Crippen LogP contribution in [0.1, 0.15) is 12.1 Å². The van der Waals surface area contributed by atoms with E-state index in [1.807, 2.05) is 5.32 Å². The molecule has 1 rings (SSSR count). The van der Waals surface area contributed by atoms with Crippen LogP contribution < -0.4 is 5.32 Å². The zero-order valence-electron chi connectivity index (χ0n) is 6.61. The standard InChI is InChI=1S/C6H5F5N2S/c7-4(8)3-1-14-5(13-3)12-2-6(9,10)11/h1,4H,2H2,(H,12,13). The third-order valence-electron chi connectivity index (χ3n) is 1.19. The number of halogens is 5. The van der Waals surface area contributed by atoms with Crippen molar-refractivity contribution in [2.75, 3.05) is 11.9 Å². The van der Waals surface area contributed by atoms with Gasteiger partial charge in [-0.3, -0.25) is 0 Å². The zero-order chi connectivity index (χ0) is 10.8. The van der Waals surface area contributed by atoms with Gasteiger partial charge in [0.05, 0.1) is 0 Å². The van der Waals surface area contributed by atoms with Gasteiger partial charge in [0.1, 0.15) is 12.2 Å². The lowest BCUT2D eigenvalue weighted by Crippen LogP contribution is -2.21. The molecule has 1 N–H and O–H groups in total. The molecule has 0 aliphatic heterocycles. The third-order valence-corrected chi connectivity index (χ3v) is 2.00. The van der Waals surface area contributed by atoms with Gasteiger partial charge in [-0.25, -0.2) is 13.8 Å². The molecule has 0 aliphatic carbocycles. The molecule has 1 heterocycles. The summed E-state index contributed by atoms with van der Waals surface area (Å²) in [5, 5.41) is 2.77. The molecule has 0 bridgehead atoms. The Morgan fingerprint density at radius 2 is 2.07 bits per heavy atom. The van der Waals surface area contributed by atoms with Gasteiger partial charge in [-0.15, -0.1) is 11.3 Å². The number of nitrogens with one attached hydrogen (secondary N) is 1. The maximum Gasteiger partial charge on any atom is 0.405 e. The van der Waals surface area contributed by atoms with Gasteiger partial charge < -0.3 is 5.32 Å². The minimum Gasteiger partial charge on any atom is -0.352 e. The van der Waals surface area contributed by atoms with Crippen molar-refractivity contribution >= 4 is 16.5 Å². The maximum atomic E-state index is 11.9. The highest BCUT2D eigenvalue weighted by Gasteiger charge is 2.27. The summed E-state index contributed by atoms with van der Waals surface area (Å²) in [6, 6.07) is 0. The van der Waals surface area contributed by atoms with Crippen LogP contribution in [0.2, 0.25) is 0 Å². The molecule has 0 atom stereocenters. The van der Waals surface area contributed by atoms with Crippen LogP contribution in [0.25, 0.3) is 0 Å². The van der Waals surface area contributed by atoms with Gasteiger partial charge in [0.15, 0.2) is 5.13 Å². The Hall–Kier alpha value is -0.920. The number of hydrogen-bond acceptors (Lipinski definition) is 3. The lowest BCUT2D eigenvalue weighted by atomic mass is 10.5. The van der Waals surface area contributed by atoms with E-state index in [1.54, 1.807) is 0 Å². The number of thiazole rings is 1. The quantitative estimate of drug-likeness (QED) is 0.810. The molecule has 0 unspecified atom stereocenters. The maximum absolute atomic E-state index is 11.9. The van der Waals surface area contributed by atoms with Gasteiger partial charge in [-0.2, -0.15) is 13.2 Å². The molecule has 0 aromatic carbocycles. The van der Waals surface area contributed by atoms with Crippen molar-refractivity contribution in [3.63, 3.8) is 0 Å². The van der Waals surface area contributed by atoms with Gasteiger partial charge >= 0.3 is 6.18 Å². The highest BCUT2D eigenvalue weighted by molar-refractivity contribution is 7.13. The van der Waals surface area contributed by atoms with Gasteiger partial charge in [0.25, 0.3) is 6.43 Å². The number of aromatic nitrogens is 1. The minimum atomic E-state index is -4.38. The highest BCUT2D eigenvalue weighted by Crippen LogP contribution is 2.25. The second-order valence-corrected chi connectivity index (χ2v) is 3.21. The van der Waals surface area contributed by atoms with E-state index in [0.717, 1.165) is 5.38 Å². The van der Waals surface area contributed by atoms with Crippen molar-refractivity contribution in [2.45, 2.75) is 12.6 Å². The average molecular weight is 232 g/mol. The van der Waals surface area contributed by atoms with Crippen LogP contribution in [0.15, 0.2) is 5.38 Å². The molecule has 1 aromatic heterocycles. The minimum absolute atomic E-state index is 0.155. The number of rotatable bonds is 3. The zero-order valence-corrected chi connectivity index (χ0v) is 7.42. The first kappa shape index (κ1) is 11.2. The molecule has 80 valence electrons. The molecule has 14 heavy (non-hydrogen) atoms. The summed E-state index contributed by atoms with van der Waals surface area (Å²) in [6.45, 7) is -1.27. The van der Waals surface area contributed by atoms with Crippen molar-refractivity contribution in [1.82, 2.24) is 4.98 Å². The fourth-order valence-electron chi connectivity index (χ4n) is 0.643. The summed E-state index contributed by atoms with van der Waals surface area (Å²) in [7, 11) is 0. The molecule has 0 aliphatic rings. The van der Waals surface area contributed by atoms with Crippen molar-refractivity contribution in [3.8, 4) is 0 Å². The fraction of sp³-hybridized carbons (Fsp3) is 0.500. The van der Waals surface area contributed by atoms with Gasteiger partial charge in [-0.1, -0.05) is 0 Å². The summed E-state index contributed by atoms with van der Waals surface area (Å²) in [5.74, 6) is 0. The smallest absolute Gasteiger partial charge is 0.352 e. The van der Waals surface area contributed by atoms with E-state index in [4.69, 9.17) is 0 Å². The Bertz CT molecular complexity index is 295. The highest BCUT2D eigenvalue weighted by atomic mass is 32.1. The van der Waals surface area contributed by atoms with Crippen LogP contribution in [0.5, 0.6) is 0 Å². The molecular weight excluding hydrogens is 227 g/mol. The molecule has 0 spiro atoms. The Kier molecular flexibility index (Phi) is 3.25. The molecule has 0 radical (unpaired) electrons. The Morgan fingerprint density at radius 3 is 2.50 bits per heavy atom. The monoisotopic (exact) mass is 232 g/mol. The van der Waals surface area contributed by atoms with E-state index in [2.05, 4.69) is 4.98 Å². The Morgan fingerprint density at radius 1 is 1.43 bits per heavy atom. The molecule has 0 fully saturated rings. The molecule has 8 heteroatoms. The normalized spacial score (nSPS) is 12.1. The number of hydrogen-bond donors (Lipinski definition) is 1. The van der Waals surface area contributed by atoms with E-state index in [0.29, 0.717) is 11.3 Å². The largest absolute Gasteiger partial charge is 0.405 e. The van der Waals surface area contributed by atoms with E-state index < -0.39 is 24.8 Å². The molecule has 1 aromatic rings. The lowest BCUT2D eigenvalue weighted by Gasteiger charge is -2.05. The van der Waals surface area contributed by atoms with Gasteiger partial charge in [0.2, 0.25) is 0 Å². The van der Waals surface area contributed by atoms with E-state index in [9.17, 15) is 22.0 Å². The predicted octanol–water partition coefficient (Wildman–Crippen LogP) is 3.05. The Labute approximate surface area is 79.8 Å². The molecule has 2 nitrogen and oxygen atoms in total. The van der Waals surface area contributed by atoms with E-state index >= 15 is 0 Å². The van der Waals surface area contributed by atoms with Crippen LogP contribution in [0.4, 0.5) is 27.1 Å². The third kappa shape index (κ3) is 3.44. The van der Waals surface area contributed by atoms with Crippen LogP contribution in [-0.4, -0.2) is 17.7 Å². The van der Waals surface area contributed by atoms with Crippen LogP contribution >= 0.6 is 11.3 Å². The second kappa shape index (κ2) is 4.07. The summed E-state index contributed by atoms with van der Waals surface area (Å²) >= 11 is 0.716. The summed E-state index contributed by atoms with van der Waals surface area (Å²) in [6.07, 6.45) is -7.14. The van der Waals surface area contributed by atoms with Gasteiger partial charge in [-0.05, 0) is 0 Å². The predicted molar refractivity (Wildman–Crippen MR) is 41.6 cm³/mol. The number of nitrogens with zero attached hydrogens (tertiary/aromatic N) is 1. The lowest BCUT2D eigenvalue weighted by molar-refractivity contribution is -0.115. The molecular formula is C6H5F5N2S. The summed E-state index contributed by atoms with van der Waals surface area (Å²) < 4.78 is 58.9. The van der Waals surface area contributed by atoms with Crippen molar-refractivity contribution in [3.05, 3.63) is 11.1 Å². The van der Waals surface area contributed by atoms with Crippen molar-refractivity contribution < 1.29 is 22.0 Å².